The van der Waals surface area contributed by atoms with Gasteiger partial charge in [0.25, 0.3) is 0 Å². The zero-order valence-electron chi connectivity index (χ0n) is 12.3. The van der Waals surface area contributed by atoms with Gasteiger partial charge in [-0.1, -0.05) is 6.07 Å². The van der Waals surface area contributed by atoms with Gasteiger partial charge in [-0.25, -0.2) is 4.98 Å². The van der Waals surface area contributed by atoms with E-state index in [1.165, 1.54) is 0 Å². The number of hydrogen-bond donors (Lipinski definition) is 0. The van der Waals surface area contributed by atoms with E-state index in [1.54, 1.807) is 17.5 Å². The Morgan fingerprint density at radius 3 is 2.87 bits per heavy atom. The predicted octanol–water partition coefficient (Wildman–Crippen LogP) is 3.65. The molecule has 0 aliphatic carbocycles. The Balaban J connectivity index is 1.41. The number of rotatable bonds is 5. The monoisotopic (exact) mass is 326 g/mol. The van der Waals surface area contributed by atoms with Crippen LogP contribution in [0.1, 0.15) is 11.4 Å². The molecule has 3 heterocycles. The van der Waals surface area contributed by atoms with Gasteiger partial charge in [-0.15, -0.1) is 11.3 Å². The number of aromatic nitrogens is 2. The van der Waals surface area contributed by atoms with Gasteiger partial charge in [0.2, 0.25) is 6.79 Å². The summed E-state index contributed by atoms with van der Waals surface area (Å²) in [6.45, 7) is 1.23. The minimum Gasteiger partial charge on any atom is -0.454 e. The molecule has 3 aromatic rings. The van der Waals surface area contributed by atoms with Crippen LogP contribution in [0.15, 0.2) is 48.0 Å². The summed E-state index contributed by atoms with van der Waals surface area (Å²) in [6.07, 6.45) is 1.76. The molecule has 1 aromatic carbocycles. The summed E-state index contributed by atoms with van der Waals surface area (Å²) < 4.78 is 16.4. The Labute approximate surface area is 137 Å². The SMILES string of the molecule is c1ccc(COCc2csc(-c3ccc4c(c3)OCO4)n2)nc1. The number of fused-ring (bicyclic) bond motifs is 1. The first kappa shape index (κ1) is 14.2. The van der Waals surface area contributed by atoms with E-state index in [0.717, 1.165) is 33.5 Å². The van der Waals surface area contributed by atoms with Crippen LogP contribution in [0, 0.1) is 0 Å². The highest BCUT2D eigenvalue weighted by Crippen LogP contribution is 2.36. The highest BCUT2D eigenvalue weighted by molar-refractivity contribution is 7.13. The molecule has 0 saturated carbocycles. The molecule has 0 spiro atoms. The summed E-state index contributed by atoms with van der Waals surface area (Å²) in [4.78, 5) is 8.84. The quantitative estimate of drug-likeness (QED) is 0.716. The molecular formula is C17H14N2O3S. The Bertz CT molecular complexity index is 805. The van der Waals surface area contributed by atoms with Crippen molar-refractivity contribution in [3.05, 3.63) is 59.4 Å². The van der Waals surface area contributed by atoms with Gasteiger partial charge in [0.05, 0.1) is 24.6 Å². The first-order valence-corrected chi connectivity index (χ1v) is 8.08. The second-order valence-corrected chi connectivity index (χ2v) is 5.88. The standard InChI is InChI=1S/C17H14N2O3S/c1-2-6-18-13(3-1)8-20-9-14-10-23-17(19-14)12-4-5-15-16(7-12)22-11-21-15/h1-7,10H,8-9,11H2. The number of benzene rings is 1. The lowest BCUT2D eigenvalue weighted by Crippen LogP contribution is -1.96. The normalized spacial score (nSPS) is 12.5. The average Bonchev–Trinajstić information content (AvgIpc) is 3.24. The van der Waals surface area contributed by atoms with Crippen molar-refractivity contribution in [2.75, 3.05) is 6.79 Å². The van der Waals surface area contributed by atoms with Gasteiger partial charge in [-0.05, 0) is 30.3 Å². The van der Waals surface area contributed by atoms with Gasteiger partial charge in [-0.2, -0.15) is 0 Å². The molecular weight excluding hydrogens is 312 g/mol. The number of nitrogens with zero attached hydrogens (tertiary/aromatic N) is 2. The fourth-order valence-electron chi connectivity index (χ4n) is 2.28. The smallest absolute Gasteiger partial charge is 0.231 e. The minimum absolute atomic E-state index is 0.281. The lowest BCUT2D eigenvalue weighted by molar-refractivity contribution is 0.102. The summed E-state index contributed by atoms with van der Waals surface area (Å²) in [5.74, 6) is 1.55. The zero-order valence-corrected chi connectivity index (χ0v) is 13.1. The van der Waals surface area contributed by atoms with E-state index in [9.17, 15) is 0 Å². The fraction of sp³-hybridized carbons (Fsp3) is 0.176. The molecule has 5 nitrogen and oxygen atoms in total. The maximum absolute atomic E-state index is 5.67. The maximum atomic E-state index is 5.67. The van der Waals surface area contributed by atoms with Crippen LogP contribution in [-0.4, -0.2) is 16.8 Å². The molecule has 0 saturated heterocycles. The van der Waals surface area contributed by atoms with Crippen LogP contribution >= 0.6 is 11.3 Å². The lowest BCUT2D eigenvalue weighted by Gasteiger charge is -2.01. The molecule has 0 N–H and O–H groups in total. The summed E-state index contributed by atoms with van der Waals surface area (Å²) in [7, 11) is 0. The van der Waals surface area contributed by atoms with Crippen molar-refractivity contribution < 1.29 is 14.2 Å². The topological polar surface area (TPSA) is 53.5 Å². The van der Waals surface area contributed by atoms with Crippen LogP contribution < -0.4 is 9.47 Å². The summed E-state index contributed by atoms with van der Waals surface area (Å²) >= 11 is 1.59. The molecule has 4 rings (SSSR count). The molecule has 116 valence electrons. The van der Waals surface area contributed by atoms with Crippen molar-refractivity contribution >= 4 is 11.3 Å². The van der Waals surface area contributed by atoms with Crippen LogP contribution in [0.3, 0.4) is 0 Å². The van der Waals surface area contributed by atoms with Crippen LogP contribution in [-0.2, 0) is 18.0 Å². The maximum Gasteiger partial charge on any atom is 0.231 e. The molecule has 0 bridgehead atoms. The van der Waals surface area contributed by atoms with Crippen molar-refractivity contribution in [1.29, 1.82) is 0 Å². The minimum atomic E-state index is 0.281. The van der Waals surface area contributed by atoms with Gasteiger partial charge in [0.1, 0.15) is 5.01 Å². The van der Waals surface area contributed by atoms with Gasteiger partial charge in [0.15, 0.2) is 11.5 Å². The number of thiazole rings is 1. The zero-order chi connectivity index (χ0) is 15.5. The van der Waals surface area contributed by atoms with Gasteiger partial charge in [-0.3, -0.25) is 4.98 Å². The number of pyridine rings is 1. The van der Waals surface area contributed by atoms with E-state index in [0.29, 0.717) is 13.2 Å². The predicted molar refractivity (Wildman–Crippen MR) is 86.4 cm³/mol. The Hall–Kier alpha value is -2.44. The molecule has 1 aliphatic rings. The fourth-order valence-corrected chi connectivity index (χ4v) is 3.08. The molecule has 0 fully saturated rings. The highest BCUT2D eigenvalue weighted by Gasteiger charge is 2.15. The van der Waals surface area contributed by atoms with E-state index >= 15 is 0 Å². The molecule has 0 unspecified atom stereocenters. The van der Waals surface area contributed by atoms with E-state index in [-0.39, 0.29) is 6.79 Å². The first-order chi connectivity index (χ1) is 11.4. The summed E-state index contributed by atoms with van der Waals surface area (Å²) in [5.41, 5.74) is 2.85. The van der Waals surface area contributed by atoms with E-state index in [2.05, 4.69) is 9.97 Å². The van der Waals surface area contributed by atoms with Crippen molar-refractivity contribution in [3.8, 4) is 22.1 Å². The van der Waals surface area contributed by atoms with Crippen LogP contribution in [0.2, 0.25) is 0 Å². The Kier molecular flexibility index (Phi) is 3.92. The first-order valence-electron chi connectivity index (χ1n) is 7.20. The number of hydrogen-bond acceptors (Lipinski definition) is 6. The van der Waals surface area contributed by atoms with Crippen molar-refractivity contribution in [2.24, 2.45) is 0 Å². The average molecular weight is 326 g/mol. The van der Waals surface area contributed by atoms with Crippen LogP contribution in [0.4, 0.5) is 0 Å². The van der Waals surface area contributed by atoms with Crippen molar-refractivity contribution in [2.45, 2.75) is 13.2 Å². The molecule has 0 atom stereocenters. The molecule has 23 heavy (non-hydrogen) atoms. The lowest BCUT2D eigenvalue weighted by atomic mass is 10.2. The third-order valence-electron chi connectivity index (χ3n) is 3.40. The van der Waals surface area contributed by atoms with Gasteiger partial charge in [0, 0.05) is 17.1 Å². The third kappa shape index (κ3) is 3.18. The van der Waals surface area contributed by atoms with Crippen LogP contribution in [0.5, 0.6) is 11.5 Å². The summed E-state index contributed by atoms with van der Waals surface area (Å²) in [5, 5.41) is 2.96. The van der Waals surface area contributed by atoms with Gasteiger partial charge < -0.3 is 14.2 Å². The molecule has 0 radical (unpaired) electrons. The number of ether oxygens (including phenoxy) is 3. The van der Waals surface area contributed by atoms with E-state index in [1.807, 2.05) is 41.8 Å². The molecule has 1 aliphatic heterocycles. The molecule has 6 heteroatoms. The van der Waals surface area contributed by atoms with E-state index in [4.69, 9.17) is 14.2 Å². The van der Waals surface area contributed by atoms with Crippen LogP contribution in [0.25, 0.3) is 10.6 Å². The van der Waals surface area contributed by atoms with E-state index < -0.39 is 0 Å². The molecule has 2 aromatic heterocycles. The third-order valence-corrected chi connectivity index (χ3v) is 4.34. The second-order valence-electron chi connectivity index (χ2n) is 5.03. The Morgan fingerprint density at radius 2 is 1.96 bits per heavy atom. The van der Waals surface area contributed by atoms with Crippen molar-refractivity contribution in [3.63, 3.8) is 0 Å². The van der Waals surface area contributed by atoms with Crippen molar-refractivity contribution in [1.82, 2.24) is 9.97 Å². The Morgan fingerprint density at radius 1 is 1.04 bits per heavy atom. The van der Waals surface area contributed by atoms with Gasteiger partial charge >= 0.3 is 0 Å². The highest BCUT2D eigenvalue weighted by atomic mass is 32.1. The second kappa shape index (κ2) is 6.36. The largest absolute Gasteiger partial charge is 0.454 e. The summed E-state index contributed by atoms with van der Waals surface area (Å²) in [6, 6.07) is 11.6. The molecule has 0 amide bonds.